The molecule has 0 bridgehead atoms. The number of hydrogen-bond acceptors (Lipinski definition) is 6. The van der Waals surface area contributed by atoms with Crippen molar-refractivity contribution in [3.63, 3.8) is 0 Å². The van der Waals surface area contributed by atoms with Gasteiger partial charge in [0.15, 0.2) is 0 Å². The second-order valence-electron chi connectivity index (χ2n) is 6.19. The number of methoxy groups -OCH3 is 1. The monoisotopic (exact) mass is 387 g/mol. The van der Waals surface area contributed by atoms with Crippen LogP contribution in [-0.4, -0.2) is 18.0 Å². The molecular weight excluding hydrogens is 370 g/mol. The van der Waals surface area contributed by atoms with E-state index >= 15 is 0 Å². The summed E-state index contributed by atoms with van der Waals surface area (Å²) in [4.78, 5) is 22.5. The van der Waals surface area contributed by atoms with E-state index in [0.29, 0.717) is 17.8 Å². The Bertz CT molecular complexity index is 1100. The van der Waals surface area contributed by atoms with Crippen molar-refractivity contribution in [2.45, 2.75) is 6.54 Å². The zero-order chi connectivity index (χ0) is 20.8. The molecule has 0 aliphatic heterocycles. The number of non-ortho nitro benzene ring substituents is 1. The summed E-state index contributed by atoms with van der Waals surface area (Å²) in [6.07, 6.45) is 0. The van der Waals surface area contributed by atoms with Crippen LogP contribution < -0.4 is 5.32 Å². The van der Waals surface area contributed by atoms with Crippen LogP contribution >= 0.6 is 0 Å². The molecule has 0 aliphatic rings. The highest BCUT2D eigenvalue weighted by Gasteiger charge is 2.16. The van der Waals surface area contributed by atoms with Crippen LogP contribution in [0.2, 0.25) is 0 Å². The minimum Gasteiger partial charge on any atom is -0.465 e. The molecule has 29 heavy (non-hydrogen) atoms. The highest BCUT2D eigenvalue weighted by Crippen LogP contribution is 2.26. The van der Waals surface area contributed by atoms with Crippen LogP contribution in [0.3, 0.4) is 0 Å². The summed E-state index contributed by atoms with van der Waals surface area (Å²) < 4.78 is 4.74. The first-order chi connectivity index (χ1) is 14.0. The lowest BCUT2D eigenvalue weighted by Crippen LogP contribution is -2.09. The minimum atomic E-state index is -0.578. The van der Waals surface area contributed by atoms with Gasteiger partial charge in [0.25, 0.3) is 5.69 Å². The summed E-state index contributed by atoms with van der Waals surface area (Å²) in [6, 6.07) is 21.1. The highest BCUT2D eigenvalue weighted by atomic mass is 16.6. The molecule has 7 nitrogen and oxygen atoms in total. The van der Waals surface area contributed by atoms with Crippen LogP contribution in [0.15, 0.2) is 66.7 Å². The molecule has 0 spiro atoms. The maximum Gasteiger partial charge on any atom is 0.339 e. The predicted octanol–water partition coefficient (Wildman–Crippen LogP) is 4.53. The number of esters is 1. The first-order valence-electron chi connectivity index (χ1n) is 8.72. The van der Waals surface area contributed by atoms with Gasteiger partial charge in [-0.15, -0.1) is 0 Å². The summed E-state index contributed by atoms with van der Waals surface area (Å²) in [6.45, 7) is 0.353. The zero-order valence-corrected chi connectivity index (χ0v) is 15.6. The molecule has 0 atom stereocenters. The van der Waals surface area contributed by atoms with E-state index in [1.54, 1.807) is 6.07 Å². The highest BCUT2D eigenvalue weighted by molar-refractivity contribution is 5.96. The van der Waals surface area contributed by atoms with Gasteiger partial charge in [-0.2, -0.15) is 5.26 Å². The fraction of sp³-hybridized carbons (Fsp3) is 0.0909. The molecule has 144 valence electrons. The quantitative estimate of drug-likeness (QED) is 0.378. The molecule has 0 fully saturated rings. The van der Waals surface area contributed by atoms with Gasteiger partial charge in [0.1, 0.15) is 0 Å². The van der Waals surface area contributed by atoms with Gasteiger partial charge < -0.3 is 10.1 Å². The van der Waals surface area contributed by atoms with Crippen LogP contribution in [0.1, 0.15) is 21.5 Å². The van der Waals surface area contributed by atoms with Gasteiger partial charge >= 0.3 is 5.97 Å². The Labute approximate surface area is 167 Å². The number of nitro benzene ring substituents is 1. The van der Waals surface area contributed by atoms with Gasteiger partial charge in [0, 0.05) is 18.7 Å². The standard InChI is InChI=1S/C22H17N3O4/c1-29-22(26)20-11-10-18(25(27)28)12-21(20)24-14-15-6-8-16(9-7-15)19-5-3-2-4-17(19)13-23/h2-12,24H,14H2,1H3. The van der Waals surface area contributed by atoms with Crippen LogP contribution in [0.5, 0.6) is 0 Å². The average Bonchev–Trinajstić information content (AvgIpc) is 2.77. The molecule has 1 N–H and O–H groups in total. The molecule has 7 heteroatoms. The number of ether oxygens (including phenoxy) is 1. The third-order valence-corrected chi connectivity index (χ3v) is 4.41. The maximum absolute atomic E-state index is 11.9. The summed E-state index contributed by atoms with van der Waals surface area (Å²) >= 11 is 0. The molecule has 0 aromatic heterocycles. The molecule has 0 saturated heterocycles. The van der Waals surface area contributed by atoms with Crippen LogP contribution in [0.4, 0.5) is 11.4 Å². The lowest BCUT2D eigenvalue weighted by atomic mass is 9.99. The van der Waals surface area contributed by atoms with E-state index < -0.39 is 10.9 Å². The molecule has 0 saturated carbocycles. The van der Waals surface area contributed by atoms with Crippen molar-refractivity contribution in [1.82, 2.24) is 0 Å². The number of hydrogen-bond donors (Lipinski definition) is 1. The Kier molecular flexibility index (Phi) is 5.85. The number of nitrogens with one attached hydrogen (secondary N) is 1. The van der Waals surface area contributed by atoms with Gasteiger partial charge in [-0.25, -0.2) is 4.79 Å². The van der Waals surface area contributed by atoms with Gasteiger partial charge in [0.05, 0.1) is 34.9 Å². The molecule has 0 heterocycles. The Hall–Kier alpha value is -4.18. The second kappa shape index (κ2) is 8.67. The number of nitro groups is 1. The van der Waals surface area contributed by atoms with Gasteiger partial charge in [0.2, 0.25) is 0 Å². The van der Waals surface area contributed by atoms with Crippen molar-refractivity contribution in [3.8, 4) is 17.2 Å². The number of benzene rings is 3. The summed E-state index contributed by atoms with van der Waals surface area (Å²) in [5.41, 5.74) is 3.69. The van der Waals surface area contributed by atoms with Crippen molar-refractivity contribution < 1.29 is 14.5 Å². The molecule has 0 unspecified atom stereocenters. The van der Waals surface area contributed by atoms with Gasteiger partial charge in [-0.05, 0) is 28.8 Å². The Balaban J connectivity index is 1.81. The Morgan fingerprint density at radius 2 is 1.86 bits per heavy atom. The summed E-state index contributed by atoms with van der Waals surface area (Å²) in [5, 5.41) is 23.4. The van der Waals surface area contributed by atoms with Crippen molar-refractivity contribution in [1.29, 1.82) is 5.26 Å². The Morgan fingerprint density at radius 3 is 2.52 bits per heavy atom. The molecule has 0 radical (unpaired) electrons. The first-order valence-corrected chi connectivity index (χ1v) is 8.72. The maximum atomic E-state index is 11.9. The summed E-state index contributed by atoms with van der Waals surface area (Å²) in [7, 11) is 1.26. The van der Waals surface area contributed by atoms with E-state index in [4.69, 9.17) is 4.74 Å². The number of anilines is 1. The van der Waals surface area contributed by atoms with E-state index in [1.807, 2.05) is 42.5 Å². The average molecular weight is 387 g/mol. The largest absolute Gasteiger partial charge is 0.465 e. The Morgan fingerprint density at radius 1 is 1.14 bits per heavy atom. The molecule has 3 aromatic carbocycles. The molecular formula is C22H17N3O4. The van der Waals surface area contributed by atoms with Crippen molar-refractivity contribution in [2.24, 2.45) is 0 Å². The summed E-state index contributed by atoms with van der Waals surface area (Å²) in [5.74, 6) is -0.578. The number of nitrogens with zero attached hydrogens (tertiary/aromatic N) is 2. The van der Waals surface area contributed by atoms with Gasteiger partial charge in [-0.1, -0.05) is 42.5 Å². The van der Waals surface area contributed by atoms with E-state index in [9.17, 15) is 20.2 Å². The zero-order valence-electron chi connectivity index (χ0n) is 15.6. The lowest BCUT2D eigenvalue weighted by molar-refractivity contribution is -0.384. The van der Waals surface area contributed by atoms with Crippen LogP contribution in [-0.2, 0) is 11.3 Å². The fourth-order valence-electron chi connectivity index (χ4n) is 2.91. The number of rotatable bonds is 6. The number of carbonyl (C=O) groups excluding carboxylic acids is 1. The lowest BCUT2D eigenvalue weighted by Gasteiger charge is -2.11. The van der Waals surface area contributed by atoms with Crippen molar-refractivity contribution in [3.05, 3.63) is 93.5 Å². The number of carbonyl (C=O) groups is 1. The second-order valence-corrected chi connectivity index (χ2v) is 6.19. The first kappa shape index (κ1) is 19.6. The number of nitriles is 1. The third kappa shape index (κ3) is 4.39. The SMILES string of the molecule is COC(=O)c1ccc([N+](=O)[O-])cc1NCc1ccc(-c2ccccc2C#N)cc1. The fourth-order valence-corrected chi connectivity index (χ4v) is 2.91. The van der Waals surface area contributed by atoms with Crippen molar-refractivity contribution >= 4 is 17.3 Å². The molecule has 0 amide bonds. The van der Waals surface area contributed by atoms with E-state index in [-0.39, 0.29) is 11.3 Å². The smallest absolute Gasteiger partial charge is 0.339 e. The third-order valence-electron chi connectivity index (χ3n) is 4.41. The topological polar surface area (TPSA) is 105 Å². The van der Waals surface area contributed by atoms with Gasteiger partial charge in [-0.3, -0.25) is 10.1 Å². The molecule has 3 aromatic rings. The van der Waals surface area contributed by atoms with E-state index in [1.165, 1.54) is 25.3 Å². The van der Waals surface area contributed by atoms with E-state index in [0.717, 1.165) is 16.7 Å². The molecule has 3 rings (SSSR count). The predicted molar refractivity (Wildman–Crippen MR) is 108 cm³/mol. The van der Waals surface area contributed by atoms with Crippen molar-refractivity contribution in [2.75, 3.05) is 12.4 Å². The van der Waals surface area contributed by atoms with Crippen LogP contribution in [0.25, 0.3) is 11.1 Å². The van der Waals surface area contributed by atoms with E-state index in [2.05, 4.69) is 11.4 Å². The minimum absolute atomic E-state index is 0.122. The normalized spacial score (nSPS) is 10.1. The van der Waals surface area contributed by atoms with Crippen LogP contribution in [0, 0.1) is 21.4 Å². The molecule has 0 aliphatic carbocycles.